The van der Waals surface area contributed by atoms with Crippen LogP contribution in [0.4, 0.5) is 11.4 Å². The normalized spacial score (nSPS) is 13.4. The molecule has 1 saturated heterocycles. The summed E-state index contributed by atoms with van der Waals surface area (Å²) in [4.78, 5) is 39.1. The summed E-state index contributed by atoms with van der Waals surface area (Å²) in [5, 5.41) is 11.7. The summed E-state index contributed by atoms with van der Waals surface area (Å²) in [5.74, 6) is -0.499. The lowest BCUT2D eigenvalue weighted by Crippen LogP contribution is -2.43. The summed E-state index contributed by atoms with van der Waals surface area (Å²) in [6.07, 6.45) is 3.59. The molecule has 3 rings (SSSR count). The molecule has 0 atom stereocenters. The molecule has 1 aromatic carbocycles. The number of aromatic nitrogens is 2. The summed E-state index contributed by atoms with van der Waals surface area (Å²) in [5.41, 5.74) is 0.157. The Hall–Kier alpha value is -3.34. The van der Waals surface area contributed by atoms with Gasteiger partial charge in [0.15, 0.2) is 0 Å². The van der Waals surface area contributed by atoms with Gasteiger partial charge in [-0.2, -0.15) is 5.26 Å². The number of rotatable bonds is 5. The fourth-order valence-electron chi connectivity index (χ4n) is 3.17. The molecule has 8 heteroatoms. The SMILES string of the molecule is CCn1cc(C#N)c(=O)n(CC(=O)Nc2ccc(N3CCCC3)cc2)c1=O. The Bertz CT molecular complexity index is 992. The van der Waals surface area contributed by atoms with E-state index in [1.807, 2.05) is 12.1 Å². The molecular weight excluding hydrogens is 346 g/mol. The second-order valence-electron chi connectivity index (χ2n) is 6.40. The van der Waals surface area contributed by atoms with Gasteiger partial charge in [0, 0.05) is 37.2 Å². The van der Waals surface area contributed by atoms with Gasteiger partial charge in [0.05, 0.1) is 0 Å². The topological polar surface area (TPSA) is 100 Å². The molecular formula is C19H21N5O3. The van der Waals surface area contributed by atoms with Crippen LogP contribution in [0.3, 0.4) is 0 Å². The first-order valence-corrected chi connectivity index (χ1v) is 8.92. The first-order chi connectivity index (χ1) is 13.0. The summed E-state index contributed by atoms with van der Waals surface area (Å²) >= 11 is 0. The van der Waals surface area contributed by atoms with Gasteiger partial charge in [-0.3, -0.25) is 14.2 Å². The summed E-state index contributed by atoms with van der Waals surface area (Å²) in [6.45, 7) is 3.65. The maximum Gasteiger partial charge on any atom is 0.331 e. The van der Waals surface area contributed by atoms with Crippen molar-refractivity contribution in [2.45, 2.75) is 32.9 Å². The minimum atomic E-state index is -0.758. The van der Waals surface area contributed by atoms with E-state index in [4.69, 9.17) is 5.26 Å². The van der Waals surface area contributed by atoms with Gasteiger partial charge in [0.2, 0.25) is 5.91 Å². The van der Waals surface area contributed by atoms with Crippen LogP contribution in [0.5, 0.6) is 0 Å². The van der Waals surface area contributed by atoms with Crippen molar-refractivity contribution in [1.82, 2.24) is 9.13 Å². The number of nitrogens with zero attached hydrogens (tertiary/aromatic N) is 4. The first kappa shape index (κ1) is 18.5. The van der Waals surface area contributed by atoms with Gasteiger partial charge in [-0.25, -0.2) is 9.36 Å². The Balaban J connectivity index is 1.75. The largest absolute Gasteiger partial charge is 0.372 e. The minimum Gasteiger partial charge on any atom is -0.372 e. The molecule has 1 N–H and O–H groups in total. The average Bonchev–Trinajstić information content (AvgIpc) is 3.21. The lowest BCUT2D eigenvalue weighted by molar-refractivity contribution is -0.116. The lowest BCUT2D eigenvalue weighted by atomic mass is 10.2. The highest BCUT2D eigenvalue weighted by molar-refractivity contribution is 5.90. The van der Waals surface area contributed by atoms with Crippen LogP contribution in [0.15, 0.2) is 40.1 Å². The number of carbonyl (C=O) groups is 1. The van der Waals surface area contributed by atoms with Gasteiger partial charge >= 0.3 is 5.69 Å². The maximum absolute atomic E-state index is 12.3. The molecule has 27 heavy (non-hydrogen) atoms. The van der Waals surface area contributed by atoms with Gasteiger partial charge in [-0.05, 0) is 44.0 Å². The van der Waals surface area contributed by atoms with Gasteiger partial charge in [0.1, 0.15) is 18.2 Å². The highest BCUT2D eigenvalue weighted by Crippen LogP contribution is 2.21. The molecule has 1 aliphatic heterocycles. The van der Waals surface area contributed by atoms with E-state index in [9.17, 15) is 14.4 Å². The zero-order valence-electron chi connectivity index (χ0n) is 15.1. The van der Waals surface area contributed by atoms with Gasteiger partial charge in [-0.15, -0.1) is 0 Å². The van der Waals surface area contributed by atoms with Crippen LogP contribution < -0.4 is 21.5 Å². The van der Waals surface area contributed by atoms with Crippen LogP contribution in [0, 0.1) is 11.3 Å². The third kappa shape index (κ3) is 3.92. The van der Waals surface area contributed by atoms with Crippen LogP contribution in [-0.2, 0) is 17.9 Å². The summed E-state index contributed by atoms with van der Waals surface area (Å²) in [7, 11) is 0. The Morgan fingerprint density at radius 2 is 1.85 bits per heavy atom. The smallest absolute Gasteiger partial charge is 0.331 e. The predicted octanol–water partition coefficient (Wildman–Crippen LogP) is 1.14. The molecule has 0 radical (unpaired) electrons. The third-order valence-electron chi connectivity index (χ3n) is 4.62. The van der Waals surface area contributed by atoms with Gasteiger partial charge in [0.25, 0.3) is 5.56 Å². The second kappa shape index (κ2) is 7.91. The average molecular weight is 367 g/mol. The van der Waals surface area contributed by atoms with Crippen LogP contribution in [0.2, 0.25) is 0 Å². The van der Waals surface area contributed by atoms with Crippen molar-refractivity contribution in [1.29, 1.82) is 5.26 Å². The van der Waals surface area contributed by atoms with Gasteiger partial charge in [-0.1, -0.05) is 0 Å². The van der Waals surface area contributed by atoms with Crippen molar-refractivity contribution in [3.8, 4) is 6.07 Å². The van der Waals surface area contributed by atoms with Crippen molar-refractivity contribution >= 4 is 17.3 Å². The van der Waals surface area contributed by atoms with Crippen LogP contribution >= 0.6 is 0 Å². The fourth-order valence-corrected chi connectivity index (χ4v) is 3.17. The second-order valence-corrected chi connectivity index (χ2v) is 6.40. The van der Waals surface area contributed by atoms with Crippen LogP contribution in [0.1, 0.15) is 25.3 Å². The number of amides is 1. The molecule has 0 aliphatic carbocycles. The number of hydrogen-bond acceptors (Lipinski definition) is 5. The van der Waals surface area contributed by atoms with Crippen molar-refractivity contribution in [2.75, 3.05) is 23.3 Å². The Labute approximate surface area is 156 Å². The Morgan fingerprint density at radius 3 is 2.44 bits per heavy atom. The lowest BCUT2D eigenvalue weighted by Gasteiger charge is -2.17. The Kier molecular flexibility index (Phi) is 5.41. The van der Waals surface area contributed by atoms with Gasteiger partial charge < -0.3 is 10.2 Å². The maximum atomic E-state index is 12.3. The molecule has 1 aromatic heterocycles. The highest BCUT2D eigenvalue weighted by Gasteiger charge is 2.15. The zero-order valence-corrected chi connectivity index (χ0v) is 15.1. The number of aryl methyl sites for hydroxylation is 1. The predicted molar refractivity (Wildman–Crippen MR) is 102 cm³/mol. The number of hydrogen-bond donors (Lipinski definition) is 1. The Morgan fingerprint density at radius 1 is 1.19 bits per heavy atom. The number of carbonyl (C=O) groups excluding carboxylic acids is 1. The summed E-state index contributed by atoms with van der Waals surface area (Å²) < 4.78 is 2.02. The molecule has 2 heterocycles. The number of anilines is 2. The molecule has 0 saturated carbocycles. The molecule has 0 unspecified atom stereocenters. The standard InChI is InChI=1S/C19H21N5O3/c1-2-22-12-14(11-20)18(26)24(19(22)27)13-17(25)21-15-5-7-16(8-6-15)23-9-3-4-10-23/h5-8,12H,2-4,9-10,13H2,1H3,(H,21,25). The molecule has 0 bridgehead atoms. The molecule has 1 fully saturated rings. The molecule has 140 valence electrons. The zero-order chi connectivity index (χ0) is 19.4. The fraction of sp³-hybridized carbons (Fsp3) is 0.368. The van der Waals surface area contributed by atoms with E-state index in [1.165, 1.54) is 23.6 Å². The van der Waals surface area contributed by atoms with Crippen molar-refractivity contribution in [2.24, 2.45) is 0 Å². The van der Waals surface area contributed by atoms with Crippen LogP contribution in [0.25, 0.3) is 0 Å². The molecule has 1 amide bonds. The van der Waals surface area contributed by atoms with E-state index in [0.29, 0.717) is 12.2 Å². The number of nitriles is 1. The molecule has 2 aromatic rings. The quantitative estimate of drug-likeness (QED) is 0.854. The molecule has 0 spiro atoms. The van der Waals surface area contributed by atoms with Crippen molar-refractivity contribution in [3.05, 3.63) is 56.9 Å². The van der Waals surface area contributed by atoms with Crippen LogP contribution in [-0.4, -0.2) is 28.1 Å². The van der Waals surface area contributed by atoms with E-state index in [0.717, 1.165) is 23.3 Å². The molecule has 1 aliphatic rings. The molecule has 8 nitrogen and oxygen atoms in total. The first-order valence-electron chi connectivity index (χ1n) is 8.92. The highest BCUT2D eigenvalue weighted by atomic mass is 16.2. The summed E-state index contributed by atoms with van der Waals surface area (Å²) in [6, 6.07) is 9.23. The van der Waals surface area contributed by atoms with E-state index >= 15 is 0 Å². The van der Waals surface area contributed by atoms with E-state index in [1.54, 1.807) is 25.1 Å². The van der Waals surface area contributed by atoms with Crippen molar-refractivity contribution in [3.63, 3.8) is 0 Å². The number of benzene rings is 1. The van der Waals surface area contributed by atoms with E-state index in [-0.39, 0.29) is 5.56 Å². The van der Waals surface area contributed by atoms with Crippen molar-refractivity contribution < 1.29 is 4.79 Å². The van der Waals surface area contributed by atoms with E-state index < -0.39 is 23.7 Å². The monoisotopic (exact) mass is 367 g/mol. The number of nitrogens with one attached hydrogen (secondary N) is 1. The minimum absolute atomic E-state index is 0.167. The third-order valence-corrected chi connectivity index (χ3v) is 4.62. The van der Waals surface area contributed by atoms with E-state index in [2.05, 4.69) is 10.2 Å².